The molecule has 2 heterocycles. The van der Waals surface area contributed by atoms with Gasteiger partial charge in [-0.25, -0.2) is 4.98 Å². The van der Waals surface area contributed by atoms with E-state index in [0.29, 0.717) is 22.9 Å². The van der Waals surface area contributed by atoms with Crippen molar-refractivity contribution in [1.82, 2.24) is 9.55 Å². The highest BCUT2D eigenvalue weighted by Crippen LogP contribution is 2.21. The number of carbonyl (C=O) groups is 1. The lowest BCUT2D eigenvalue weighted by molar-refractivity contribution is 0.102. The molecule has 0 saturated heterocycles. The zero-order valence-corrected chi connectivity index (χ0v) is 16.5. The molecule has 144 valence electrons. The number of aryl methyl sites for hydroxylation is 1. The van der Waals surface area contributed by atoms with Gasteiger partial charge in [-0.2, -0.15) is 0 Å². The molecule has 0 saturated carbocycles. The van der Waals surface area contributed by atoms with E-state index < -0.39 is 11.5 Å². The summed E-state index contributed by atoms with van der Waals surface area (Å²) in [7, 11) is 0. The van der Waals surface area contributed by atoms with Crippen LogP contribution < -0.4 is 10.9 Å². The van der Waals surface area contributed by atoms with Gasteiger partial charge in [0, 0.05) is 22.3 Å². The maximum Gasteiger partial charge on any atom is 0.265 e. The smallest absolute Gasteiger partial charge is 0.265 e. The van der Waals surface area contributed by atoms with Crippen molar-refractivity contribution in [3.63, 3.8) is 0 Å². The summed E-state index contributed by atoms with van der Waals surface area (Å²) in [5.41, 5.74) is 2.58. The molecule has 6 heteroatoms. The molecule has 4 aromatic rings. The topological polar surface area (TPSA) is 64.0 Å². The second-order valence-electron chi connectivity index (χ2n) is 6.76. The summed E-state index contributed by atoms with van der Waals surface area (Å²) in [6.45, 7) is 2.19. The highest BCUT2D eigenvalue weighted by molar-refractivity contribution is 6.31. The number of hydrogen-bond acceptors (Lipinski definition) is 3. The molecule has 0 aliphatic carbocycles. The number of pyridine rings is 2. The Bertz CT molecular complexity index is 1270. The molecular weight excluding hydrogens is 386 g/mol. The first-order valence-corrected chi connectivity index (χ1v) is 9.51. The van der Waals surface area contributed by atoms with Crippen LogP contribution in [0.5, 0.6) is 0 Å². The summed E-state index contributed by atoms with van der Waals surface area (Å²) >= 11 is 6.05. The van der Waals surface area contributed by atoms with Crippen molar-refractivity contribution in [1.29, 1.82) is 0 Å². The predicted octanol–water partition coefficient (Wildman–Crippen LogP) is 4.66. The Labute approximate surface area is 172 Å². The van der Waals surface area contributed by atoms with Gasteiger partial charge in [0.25, 0.3) is 11.5 Å². The highest BCUT2D eigenvalue weighted by Gasteiger charge is 2.17. The molecule has 0 radical (unpaired) electrons. The van der Waals surface area contributed by atoms with Gasteiger partial charge in [-0.05, 0) is 48.4 Å². The van der Waals surface area contributed by atoms with Crippen molar-refractivity contribution in [3.05, 3.63) is 105 Å². The third kappa shape index (κ3) is 3.91. The van der Waals surface area contributed by atoms with E-state index in [0.717, 1.165) is 16.5 Å². The molecule has 0 fully saturated rings. The third-order valence-corrected chi connectivity index (χ3v) is 4.96. The molecule has 0 aliphatic rings. The molecule has 2 aromatic carbocycles. The van der Waals surface area contributed by atoms with Gasteiger partial charge in [0.05, 0.1) is 6.54 Å². The Morgan fingerprint density at radius 1 is 1.07 bits per heavy atom. The summed E-state index contributed by atoms with van der Waals surface area (Å²) < 4.78 is 1.53. The fraction of sp³-hybridized carbons (Fsp3) is 0.0870. The Balaban J connectivity index is 1.80. The van der Waals surface area contributed by atoms with Gasteiger partial charge in [0.1, 0.15) is 11.2 Å². The molecule has 2 aromatic heterocycles. The molecule has 0 bridgehead atoms. The normalized spacial score (nSPS) is 10.8. The maximum atomic E-state index is 13.2. The number of fused-ring (bicyclic) bond motifs is 1. The number of amides is 1. The predicted molar refractivity (Wildman–Crippen MR) is 116 cm³/mol. The van der Waals surface area contributed by atoms with Gasteiger partial charge >= 0.3 is 0 Å². The van der Waals surface area contributed by atoms with Crippen LogP contribution in [0, 0.1) is 6.92 Å². The average Bonchev–Trinajstić information content (AvgIpc) is 2.73. The largest absolute Gasteiger partial charge is 0.322 e. The summed E-state index contributed by atoms with van der Waals surface area (Å²) in [6.07, 6.45) is 1.64. The van der Waals surface area contributed by atoms with Crippen molar-refractivity contribution in [2.45, 2.75) is 13.5 Å². The number of hydrogen-bond donors (Lipinski definition) is 1. The number of aromatic nitrogens is 2. The Kier molecular flexibility index (Phi) is 5.14. The van der Waals surface area contributed by atoms with Crippen molar-refractivity contribution in [3.8, 4) is 0 Å². The van der Waals surface area contributed by atoms with Crippen LogP contribution >= 0.6 is 11.6 Å². The van der Waals surface area contributed by atoms with Gasteiger partial charge < -0.3 is 5.32 Å². The Morgan fingerprint density at radius 2 is 1.86 bits per heavy atom. The quantitative estimate of drug-likeness (QED) is 0.539. The molecular formula is C23H18ClN3O2. The van der Waals surface area contributed by atoms with Gasteiger partial charge in [-0.15, -0.1) is 0 Å². The van der Waals surface area contributed by atoms with E-state index in [1.807, 2.05) is 49.4 Å². The first kappa shape index (κ1) is 18.9. The van der Waals surface area contributed by atoms with Crippen LogP contribution in [0.2, 0.25) is 5.02 Å². The summed E-state index contributed by atoms with van der Waals surface area (Å²) in [6, 6.07) is 20.0. The average molecular weight is 404 g/mol. The van der Waals surface area contributed by atoms with Crippen LogP contribution in [0.25, 0.3) is 11.0 Å². The van der Waals surface area contributed by atoms with E-state index in [1.165, 1.54) is 4.57 Å². The number of halogens is 1. The zero-order valence-electron chi connectivity index (χ0n) is 15.7. The highest BCUT2D eigenvalue weighted by atomic mass is 35.5. The van der Waals surface area contributed by atoms with Gasteiger partial charge in [0.15, 0.2) is 0 Å². The summed E-state index contributed by atoms with van der Waals surface area (Å²) in [5, 5.41) is 4.03. The van der Waals surface area contributed by atoms with Gasteiger partial charge in [-0.1, -0.05) is 48.0 Å². The number of carbonyl (C=O) groups excluding carboxylic acids is 1. The first-order chi connectivity index (χ1) is 14.0. The monoisotopic (exact) mass is 403 g/mol. The standard InChI is InChI=1S/C23H18ClN3O2/c1-15-9-10-18(24)13-20(15)26-22(28)19-12-17-8-5-11-25-21(17)27(23(19)29)14-16-6-3-2-4-7-16/h2-13H,14H2,1H3,(H,26,28). The molecule has 0 atom stereocenters. The molecule has 4 rings (SSSR count). The fourth-order valence-electron chi connectivity index (χ4n) is 3.20. The first-order valence-electron chi connectivity index (χ1n) is 9.13. The third-order valence-electron chi connectivity index (χ3n) is 4.72. The van der Waals surface area contributed by atoms with Crippen molar-refractivity contribution in [2.24, 2.45) is 0 Å². The van der Waals surface area contributed by atoms with Crippen LogP contribution in [-0.4, -0.2) is 15.5 Å². The molecule has 0 unspecified atom stereocenters. The van der Waals surface area contributed by atoms with E-state index in [1.54, 1.807) is 30.5 Å². The van der Waals surface area contributed by atoms with Crippen molar-refractivity contribution in [2.75, 3.05) is 5.32 Å². The minimum atomic E-state index is -0.479. The lowest BCUT2D eigenvalue weighted by Crippen LogP contribution is -2.30. The van der Waals surface area contributed by atoms with E-state index in [2.05, 4.69) is 10.3 Å². The van der Waals surface area contributed by atoms with E-state index in [4.69, 9.17) is 11.6 Å². The van der Waals surface area contributed by atoms with E-state index in [9.17, 15) is 9.59 Å². The Hall–Kier alpha value is -3.44. The molecule has 1 amide bonds. The number of rotatable bonds is 4. The van der Waals surface area contributed by atoms with Crippen LogP contribution in [0.4, 0.5) is 5.69 Å². The SMILES string of the molecule is Cc1ccc(Cl)cc1NC(=O)c1cc2cccnc2n(Cc2ccccc2)c1=O. The lowest BCUT2D eigenvalue weighted by Gasteiger charge is -2.13. The van der Waals surface area contributed by atoms with Crippen molar-refractivity contribution < 1.29 is 4.79 Å². The van der Waals surface area contributed by atoms with Gasteiger partial charge in [0.2, 0.25) is 0 Å². The number of benzene rings is 2. The van der Waals surface area contributed by atoms with Crippen LogP contribution in [-0.2, 0) is 6.54 Å². The maximum absolute atomic E-state index is 13.2. The minimum Gasteiger partial charge on any atom is -0.322 e. The van der Waals surface area contributed by atoms with E-state index in [-0.39, 0.29) is 5.56 Å². The van der Waals surface area contributed by atoms with Crippen LogP contribution in [0.1, 0.15) is 21.5 Å². The number of nitrogens with one attached hydrogen (secondary N) is 1. The minimum absolute atomic E-state index is 0.0563. The molecule has 5 nitrogen and oxygen atoms in total. The molecule has 0 spiro atoms. The summed E-state index contributed by atoms with van der Waals surface area (Å²) in [5.74, 6) is -0.479. The number of anilines is 1. The van der Waals surface area contributed by atoms with Crippen molar-refractivity contribution >= 4 is 34.2 Å². The lowest BCUT2D eigenvalue weighted by atomic mass is 10.1. The number of nitrogens with zero attached hydrogens (tertiary/aromatic N) is 2. The van der Waals surface area contributed by atoms with E-state index >= 15 is 0 Å². The fourth-order valence-corrected chi connectivity index (χ4v) is 3.37. The second-order valence-corrected chi connectivity index (χ2v) is 7.20. The molecule has 29 heavy (non-hydrogen) atoms. The molecule has 0 aliphatic heterocycles. The van der Waals surface area contributed by atoms with Crippen LogP contribution in [0.15, 0.2) is 77.7 Å². The van der Waals surface area contributed by atoms with Gasteiger partial charge in [-0.3, -0.25) is 14.2 Å². The molecule has 1 N–H and O–H groups in total. The Morgan fingerprint density at radius 3 is 2.66 bits per heavy atom. The second kappa shape index (κ2) is 7.89. The summed E-state index contributed by atoms with van der Waals surface area (Å²) in [4.78, 5) is 30.5. The zero-order chi connectivity index (χ0) is 20.4. The van der Waals surface area contributed by atoms with Crippen LogP contribution in [0.3, 0.4) is 0 Å².